The van der Waals surface area contributed by atoms with E-state index in [0.717, 1.165) is 64.2 Å². The molecule has 9 nitrogen and oxygen atoms in total. The van der Waals surface area contributed by atoms with Gasteiger partial charge in [-0.05, 0) is 44.9 Å². The molecule has 0 bridgehead atoms. The Morgan fingerprint density at radius 1 is 0.620 bits per heavy atom. The zero-order valence-corrected chi connectivity index (χ0v) is 33.9. The number of nitrogens with zero attached hydrogens (tertiary/aromatic N) is 1. The van der Waals surface area contributed by atoms with E-state index in [0.29, 0.717) is 13.0 Å². The summed E-state index contributed by atoms with van der Waals surface area (Å²) >= 11 is 0. The van der Waals surface area contributed by atoms with Gasteiger partial charge in [-0.1, -0.05) is 154 Å². The third-order valence-electron chi connectivity index (χ3n) is 9.21. The van der Waals surface area contributed by atoms with Gasteiger partial charge in [-0.3, -0.25) is 13.9 Å². The summed E-state index contributed by atoms with van der Waals surface area (Å²) in [5.74, 6) is -0.338. The van der Waals surface area contributed by atoms with Crippen molar-refractivity contribution in [2.24, 2.45) is 0 Å². The lowest BCUT2D eigenvalue weighted by atomic mass is 10.0. The van der Waals surface area contributed by atoms with Crippen LogP contribution in [-0.2, 0) is 18.7 Å². The number of amides is 1. The lowest BCUT2D eigenvalue weighted by molar-refractivity contribution is -0.131. The van der Waals surface area contributed by atoms with Crippen LogP contribution in [0.3, 0.4) is 0 Å². The minimum Gasteiger partial charge on any atom is -0.380 e. The summed E-state index contributed by atoms with van der Waals surface area (Å²) in [6.45, 7) is 4.10. The lowest BCUT2D eigenvalue weighted by Crippen LogP contribution is -2.40. The largest absolute Gasteiger partial charge is 0.380 e. The fourth-order valence-electron chi connectivity index (χ4n) is 5.94. The van der Waals surface area contributed by atoms with Crippen molar-refractivity contribution in [3.63, 3.8) is 0 Å². The molecule has 11 heteroatoms. The topological polar surface area (TPSA) is 145 Å². The first-order valence-corrected chi connectivity index (χ1v) is 23.7. The molecule has 1 amide bonds. The Balaban J connectivity index is 4.35. The van der Waals surface area contributed by atoms with Crippen molar-refractivity contribution >= 4 is 21.1 Å². The number of allylic oxidation sites excluding steroid dienone is 4. The molecule has 0 aromatic carbocycles. The maximum absolute atomic E-state index is 13.0. The number of hydrogen-bond acceptors (Lipinski definition) is 4. The molecule has 1 unspecified atom stereocenters. The van der Waals surface area contributed by atoms with Crippen LogP contribution in [0.5, 0.6) is 0 Å². The summed E-state index contributed by atoms with van der Waals surface area (Å²) in [4.78, 5) is 53.1. The van der Waals surface area contributed by atoms with Crippen LogP contribution in [0.15, 0.2) is 24.3 Å². The number of carbonyl (C=O) groups excluding carboxylic acids is 1. The molecule has 0 aromatic heterocycles. The highest BCUT2D eigenvalue weighted by Crippen LogP contribution is 2.42. The van der Waals surface area contributed by atoms with Gasteiger partial charge in [0.25, 0.3) is 0 Å². The molecule has 0 spiro atoms. The summed E-state index contributed by atoms with van der Waals surface area (Å²) in [5.41, 5.74) is -1.24. The number of ether oxygens (including phenoxy) is 1. The monoisotopic (exact) mass is 750 g/mol. The van der Waals surface area contributed by atoms with E-state index in [9.17, 15) is 33.5 Å². The average molecular weight is 750 g/mol. The SMILES string of the molecule is CCCCCC=CCC=CCCCCCCCC(=O)N(CCP(=O)(O)O)CC(COCCCCCCCCCCCCCCCC)P(=O)(O)O. The van der Waals surface area contributed by atoms with Crippen LogP contribution in [0.25, 0.3) is 0 Å². The van der Waals surface area contributed by atoms with Gasteiger partial charge in [0.15, 0.2) is 0 Å². The van der Waals surface area contributed by atoms with Gasteiger partial charge in [-0.2, -0.15) is 0 Å². The summed E-state index contributed by atoms with van der Waals surface area (Å²) in [7, 11) is -9.00. The van der Waals surface area contributed by atoms with E-state index in [1.165, 1.54) is 94.8 Å². The molecular weight excluding hydrogens is 672 g/mol. The standard InChI is InChI=1S/C39H77NO8P2/c1-3-5-7-9-11-13-15-17-19-20-22-24-26-28-30-32-39(41)40(33-35-49(42,43)44)36-38(50(45,46)47)37-48-34-31-29-27-25-23-21-18-16-14-12-10-8-6-4-2/h11,13,17,19,38H,3-10,12,14-16,18,20-37H2,1-2H3,(H2,42,43,44)(H2,45,46,47). The highest BCUT2D eigenvalue weighted by atomic mass is 31.2. The van der Waals surface area contributed by atoms with Crippen molar-refractivity contribution in [2.45, 2.75) is 186 Å². The Kier molecular flexibility index (Phi) is 33.5. The predicted molar refractivity (Wildman–Crippen MR) is 210 cm³/mol. The van der Waals surface area contributed by atoms with Crippen molar-refractivity contribution in [1.82, 2.24) is 4.90 Å². The van der Waals surface area contributed by atoms with E-state index in [2.05, 4.69) is 38.2 Å². The molecule has 0 saturated carbocycles. The first-order chi connectivity index (χ1) is 24.0. The molecular formula is C39H77NO8P2. The van der Waals surface area contributed by atoms with Crippen molar-refractivity contribution in [1.29, 1.82) is 0 Å². The summed E-state index contributed by atoms with van der Waals surface area (Å²) in [6.07, 6.45) is 37.5. The van der Waals surface area contributed by atoms with Crippen LogP contribution in [0, 0.1) is 0 Å². The molecule has 0 aliphatic rings. The number of carbonyl (C=O) groups is 1. The molecule has 0 radical (unpaired) electrons. The van der Waals surface area contributed by atoms with Gasteiger partial charge in [-0.15, -0.1) is 0 Å². The first-order valence-electron chi connectivity index (χ1n) is 20.3. The summed E-state index contributed by atoms with van der Waals surface area (Å²) in [6, 6.07) is 0. The Morgan fingerprint density at radius 2 is 1.06 bits per heavy atom. The summed E-state index contributed by atoms with van der Waals surface area (Å²) < 4.78 is 29.5. The molecule has 0 aliphatic carbocycles. The van der Waals surface area contributed by atoms with Gasteiger partial charge >= 0.3 is 15.2 Å². The minimum absolute atomic E-state index is 0.180. The van der Waals surface area contributed by atoms with Gasteiger partial charge in [0.1, 0.15) is 5.66 Å². The lowest BCUT2D eigenvalue weighted by Gasteiger charge is -2.28. The molecule has 0 heterocycles. The maximum atomic E-state index is 13.0. The van der Waals surface area contributed by atoms with Crippen LogP contribution in [0.1, 0.15) is 181 Å². The molecule has 0 rings (SSSR count). The van der Waals surface area contributed by atoms with E-state index in [4.69, 9.17) is 4.74 Å². The highest BCUT2D eigenvalue weighted by molar-refractivity contribution is 7.52. The fourth-order valence-corrected chi connectivity index (χ4v) is 7.15. The van der Waals surface area contributed by atoms with Crippen molar-refractivity contribution in [3.05, 3.63) is 24.3 Å². The first kappa shape index (κ1) is 49.2. The quantitative estimate of drug-likeness (QED) is 0.0279. The molecule has 296 valence electrons. The van der Waals surface area contributed by atoms with Crippen molar-refractivity contribution in [3.8, 4) is 0 Å². The van der Waals surface area contributed by atoms with Gasteiger partial charge in [0, 0.05) is 26.1 Å². The van der Waals surface area contributed by atoms with Crippen LogP contribution < -0.4 is 0 Å². The van der Waals surface area contributed by atoms with Gasteiger partial charge in [0.05, 0.1) is 12.8 Å². The highest BCUT2D eigenvalue weighted by Gasteiger charge is 2.33. The van der Waals surface area contributed by atoms with Crippen molar-refractivity contribution < 1.29 is 38.2 Å². The Morgan fingerprint density at radius 3 is 1.56 bits per heavy atom. The number of rotatable bonds is 37. The zero-order chi connectivity index (χ0) is 37.2. The molecule has 0 saturated heterocycles. The molecule has 4 N–H and O–H groups in total. The number of unbranched alkanes of at least 4 members (excludes halogenated alkanes) is 21. The maximum Gasteiger partial charge on any atom is 0.332 e. The normalized spacial score (nSPS) is 13.2. The van der Waals surface area contributed by atoms with Crippen LogP contribution in [0.4, 0.5) is 0 Å². The zero-order valence-electron chi connectivity index (χ0n) is 32.1. The van der Waals surface area contributed by atoms with Crippen LogP contribution >= 0.6 is 15.2 Å². The Labute approximate surface area is 306 Å². The fraction of sp³-hybridized carbons (Fsp3) is 0.872. The van der Waals surface area contributed by atoms with Crippen LogP contribution in [0.2, 0.25) is 0 Å². The molecule has 0 aromatic rings. The second kappa shape index (κ2) is 34.0. The smallest absolute Gasteiger partial charge is 0.332 e. The summed E-state index contributed by atoms with van der Waals surface area (Å²) in [5, 5.41) is 0. The predicted octanol–water partition coefficient (Wildman–Crippen LogP) is 10.9. The second-order valence-corrected chi connectivity index (χ2v) is 17.8. The molecule has 0 fully saturated rings. The minimum atomic E-state index is -4.61. The van der Waals surface area contributed by atoms with E-state index >= 15 is 0 Å². The van der Waals surface area contributed by atoms with E-state index in [1.54, 1.807) is 0 Å². The second-order valence-electron chi connectivity index (χ2n) is 14.1. The van der Waals surface area contributed by atoms with E-state index in [1.807, 2.05) is 0 Å². The van der Waals surface area contributed by atoms with Gasteiger partial charge < -0.3 is 29.2 Å². The van der Waals surface area contributed by atoms with Crippen LogP contribution in [-0.4, -0.2) is 68.5 Å². The van der Waals surface area contributed by atoms with Crippen molar-refractivity contribution in [2.75, 3.05) is 32.5 Å². The Bertz CT molecular complexity index is 933. The Hall–Kier alpha value is -0.790. The van der Waals surface area contributed by atoms with Gasteiger partial charge in [-0.25, -0.2) is 0 Å². The molecule has 50 heavy (non-hydrogen) atoms. The third-order valence-corrected chi connectivity index (χ3v) is 11.3. The van der Waals surface area contributed by atoms with E-state index in [-0.39, 0.29) is 32.0 Å². The molecule has 0 aliphatic heterocycles. The number of hydrogen-bond donors (Lipinski definition) is 4. The third kappa shape index (κ3) is 34.3. The average Bonchev–Trinajstić information content (AvgIpc) is 3.06. The van der Waals surface area contributed by atoms with E-state index < -0.39 is 27.0 Å². The molecule has 1 atom stereocenters. The van der Waals surface area contributed by atoms with Gasteiger partial charge in [0.2, 0.25) is 5.91 Å².